The molecule has 5 nitrogen and oxygen atoms in total. The number of hydrogen-bond donors (Lipinski definition) is 1. The zero-order valence-electron chi connectivity index (χ0n) is 24.1. The van der Waals surface area contributed by atoms with Crippen LogP contribution in [0.5, 0.6) is 0 Å². The number of aliphatic hydroxyl groups is 1. The van der Waals surface area contributed by atoms with Gasteiger partial charge in [0.2, 0.25) is 0 Å². The highest BCUT2D eigenvalue weighted by Crippen LogP contribution is 2.66. The molecule has 5 aliphatic rings. The van der Waals surface area contributed by atoms with Crippen molar-refractivity contribution in [1.82, 2.24) is 14.8 Å². The molecule has 1 N–H and O–H groups in total. The van der Waals surface area contributed by atoms with Crippen LogP contribution in [-0.4, -0.2) is 64.0 Å². The van der Waals surface area contributed by atoms with Gasteiger partial charge in [-0.2, -0.15) is 0 Å². The molecule has 1 aromatic carbocycles. The molecule has 1 aliphatic heterocycles. The molecule has 4 saturated carbocycles. The van der Waals surface area contributed by atoms with Crippen LogP contribution in [0.15, 0.2) is 36.4 Å². The van der Waals surface area contributed by atoms with E-state index in [4.69, 9.17) is 4.98 Å². The highest BCUT2D eigenvalue weighted by Gasteiger charge is 2.61. The smallest absolute Gasteiger partial charge is 0.139 e. The van der Waals surface area contributed by atoms with Crippen LogP contribution in [0.1, 0.15) is 77.3 Å². The van der Waals surface area contributed by atoms with Crippen LogP contribution in [0, 0.1) is 34.5 Å². The van der Waals surface area contributed by atoms with Crippen LogP contribution < -0.4 is 0 Å². The number of carbonyl (C=O) groups excluding carboxylic acids is 1. The summed E-state index contributed by atoms with van der Waals surface area (Å²) in [6, 6.07) is 12.7. The van der Waals surface area contributed by atoms with Crippen molar-refractivity contribution in [2.75, 3.05) is 32.7 Å². The predicted molar refractivity (Wildman–Crippen MR) is 155 cm³/mol. The highest BCUT2D eigenvalue weighted by molar-refractivity contribution is 5.87. The number of ketones is 1. The monoisotopic (exact) mass is 529 g/mol. The number of carbonyl (C=O) groups is 1. The Kier molecular flexibility index (Phi) is 6.45. The Morgan fingerprint density at radius 3 is 2.54 bits per heavy atom. The number of pyridine rings is 1. The molecule has 7 rings (SSSR count). The zero-order valence-corrected chi connectivity index (χ0v) is 24.1. The Balaban J connectivity index is 0.951. The summed E-state index contributed by atoms with van der Waals surface area (Å²) in [4.78, 5) is 22.7. The van der Waals surface area contributed by atoms with Gasteiger partial charge in [-0.1, -0.05) is 38.1 Å². The number of fused-ring (bicyclic) bond motifs is 6. The third-order valence-electron chi connectivity index (χ3n) is 12.6. The quantitative estimate of drug-likeness (QED) is 0.551. The second-order valence-electron chi connectivity index (χ2n) is 14.6. The lowest BCUT2D eigenvalue weighted by Gasteiger charge is -2.61. The second-order valence-corrected chi connectivity index (χ2v) is 14.6. The van der Waals surface area contributed by atoms with Gasteiger partial charge in [-0.15, -0.1) is 0 Å². The van der Waals surface area contributed by atoms with Gasteiger partial charge in [0.15, 0.2) is 0 Å². The average molecular weight is 530 g/mol. The molecule has 5 fully saturated rings. The molecule has 0 unspecified atom stereocenters. The van der Waals surface area contributed by atoms with Crippen LogP contribution in [0.25, 0.3) is 10.9 Å². The third kappa shape index (κ3) is 4.48. The van der Waals surface area contributed by atoms with E-state index in [1.807, 2.05) is 0 Å². The molecule has 0 radical (unpaired) electrons. The maximum Gasteiger partial charge on any atom is 0.139 e. The SMILES string of the molecule is C[C@]12CC[C@](O)(CN3CCN(Cc4ccc5ccccc5n4)CC3)C[C@@H]1CC[C@@H]1[C@@H]2CC[C@]2(C)C(=O)CC[C@@H]12. The molecule has 210 valence electrons. The van der Waals surface area contributed by atoms with E-state index in [0.717, 1.165) is 101 Å². The summed E-state index contributed by atoms with van der Waals surface area (Å²) in [7, 11) is 0. The maximum absolute atomic E-state index is 12.8. The number of rotatable bonds is 4. The fourth-order valence-corrected chi connectivity index (χ4v) is 10.2. The topological polar surface area (TPSA) is 56.7 Å². The maximum atomic E-state index is 12.8. The van der Waals surface area contributed by atoms with Crippen molar-refractivity contribution in [1.29, 1.82) is 0 Å². The van der Waals surface area contributed by atoms with Gasteiger partial charge in [0.1, 0.15) is 5.78 Å². The van der Waals surface area contributed by atoms with Crippen LogP contribution in [-0.2, 0) is 11.3 Å². The lowest BCUT2D eigenvalue weighted by atomic mass is 9.44. The van der Waals surface area contributed by atoms with E-state index in [-0.39, 0.29) is 5.41 Å². The molecule has 0 bridgehead atoms. The van der Waals surface area contributed by atoms with Crippen LogP contribution in [0.4, 0.5) is 0 Å². The van der Waals surface area contributed by atoms with Gasteiger partial charge in [0.05, 0.1) is 16.8 Å². The standard InChI is InChI=1S/C34H47N3O2/c1-32-15-16-34(39,21-25(32)8-10-27-28-11-12-31(38)33(28,2)14-13-29(27)32)23-37-19-17-36(18-20-37)22-26-9-7-24-5-3-4-6-30(24)35-26/h3-7,9,25,27-29,39H,8,10-23H2,1-2H3/t25-,27-,28-,29-,32-,33-,34+/m0/s1. The van der Waals surface area contributed by atoms with E-state index in [1.54, 1.807) is 0 Å². The van der Waals surface area contributed by atoms with Crippen LogP contribution in [0.2, 0.25) is 0 Å². The number of β-amino-alcohol motifs (C(OH)–C–C–N with tert-alkyl or cyclic N) is 1. The third-order valence-corrected chi connectivity index (χ3v) is 12.6. The van der Waals surface area contributed by atoms with E-state index in [0.29, 0.717) is 23.0 Å². The highest BCUT2D eigenvalue weighted by atomic mass is 16.3. The van der Waals surface area contributed by atoms with Crippen molar-refractivity contribution in [3.63, 3.8) is 0 Å². The minimum Gasteiger partial charge on any atom is -0.389 e. The van der Waals surface area contributed by atoms with Crippen LogP contribution in [0.3, 0.4) is 0 Å². The van der Waals surface area contributed by atoms with Gasteiger partial charge in [0.25, 0.3) is 0 Å². The Labute approximate surface area is 234 Å². The molecule has 1 saturated heterocycles. The number of Topliss-reactive ketones (excluding diaryl/α,β-unsaturated/α-hetero) is 1. The summed E-state index contributed by atoms with van der Waals surface area (Å²) >= 11 is 0. The summed E-state index contributed by atoms with van der Waals surface area (Å²) in [5, 5.41) is 13.1. The molecule has 39 heavy (non-hydrogen) atoms. The van der Waals surface area contributed by atoms with Crippen LogP contribution >= 0.6 is 0 Å². The first-order chi connectivity index (χ1) is 18.8. The number of para-hydroxylation sites is 1. The normalized spacial score (nSPS) is 41.3. The minimum absolute atomic E-state index is 0.0354. The molecule has 0 amide bonds. The Hall–Kier alpha value is -1.82. The first-order valence-electron chi connectivity index (χ1n) is 15.8. The lowest BCUT2D eigenvalue weighted by molar-refractivity contribution is -0.158. The van der Waals surface area contributed by atoms with Crippen molar-refractivity contribution < 1.29 is 9.90 Å². The summed E-state index contributed by atoms with van der Waals surface area (Å²) < 4.78 is 0. The number of hydrogen-bond acceptors (Lipinski definition) is 5. The molecule has 0 spiro atoms. The number of piperazine rings is 1. The van der Waals surface area contributed by atoms with E-state index in [9.17, 15) is 9.90 Å². The Bertz CT molecular complexity index is 1240. The molecule has 5 heteroatoms. The fraction of sp³-hybridized carbons (Fsp3) is 0.706. The van der Waals surface area contributed by atoms with E-state index < -0.39 is 5.60 Å². The van der Waals surface area contributed by atoms with Crippen molar-refractivity contribution in [2.45, 2.75) is 83.8 Å². The van der Waals surface area contributed by atoms with Gasteiger partial charge in [-0.25, -0.2) is 0 Å². The lowest BCUT2D eigenvalue weighted by Crippen LogP contribution is -2.59. The van der Waals surface area contributed by atoms with Gasteiger partial charge < -0.3 is 5.11 Å². The average Bonchev–Trinajstić information content (AvgIpc) is 3.24. The zero-order chi connectivity index (χ0) is 26.8. The minimum atomic E-state index is -0.550. The van der Waals surface area contributed by atoms with Gasteiger partial charge in [0, 0.05) is 56.5 Å². The van der Waals surface area contributed by atoms with E-state index in [1.165, 1.54) is 24.6 Å². The summed E-state index contributed by atoms with van der Waals surface area (Å²) in [5.41, 5.74) is 1.98. The van der Waals surface area contributed by atoms with Crippen molar-refractivity contribution >= 4 is 16.7 Å². The molecular formula is C34H47N3O2. The molecule has 7 atom stereocenters. The first-order valence-corrected chi connectivity index (χ1v) is 15.8. The van der Waals surface area contributed by atoms with Gasteiger partial charge >= 0.3 is 0 Å². The number of nitrogens with zero attached hydrogens (tertiary/aromatic N) is 3. The summed E-state index contributed by atoms with van der Waals surface area (Å²) in [6.07, 6.45) is 9.84. The van der Waals surface area contributed by atoms with Crippen molar-refractivity contribution in [3.05, 3.63) is 42.1 Å². The molecular weight excluding hydrogens is 482 g/mol. The van der Waals surface area contributed by atoms with Crippen molar-refractivity contribution in [2.24, 2.45) is 34.5 Å². The number of aromatic nitrogens is 1. The second kappa shape index (κ2) is 9.63. The Morgan fingerprint density at radius 1 is 0.897 bits per heavy atom. The fourth-order valence-electron chi connectivity index (χ4n) is 10.2. The first kappa shape index (κ1) is 26.1. The summed E-state index contributed by atoms with van der Waals surface area (Å²) in [5.74, 6) is 3.26. The number of benzene rings is 1. The van der Waals surface area contributed by atoms with Gasteiger partial charge in [-0.05, 0) is 92.6 Å². The molecule has 1 aromatic heterocycles. The van der Waals surface area contributed by atoms with E-state index >= 15 is 0 Å². The predicted octanol–water partition coefficient (Wildman–Crippen LogP) is 5.70. The summed E-state index contributed by atoms with van der Waals surface area (Å²) in [6.45, 7) is 10.7. The molecule has 2 heterocycles. The molecule has 2 aromatic rings. The van der Waals surface area contributed by atoms with Gasteiger partial charge in [-0.3, -0.25) is 19.6 Å². The largest absolute Gasteiger partial charge is 0.389 e. The van der Waals surface area contributed by atoms with E-state index in [2.05, 4.69) is 60.0 Å². The Morgan fingerprint density at radius 2 is 1.69 bits per heavy atom. The van der Waals surface area contributed by atoms with Crippen molar-refractivity contribution in [3.8, 4) is 0 Å². The molecule has 4 aliphatic carbocycles.